The highest BCUT2D eigenvalue weighted by Crippen LogP contribution is 2.09. The molecule has 0 unspecified atom stereocenters. The van der Waals surface area contributed by atoms with Crippen molar-refractivity contribution < 1.29 is 0 Å². The topological polar surface area (TPSA) is 26.0 Å². The van der Waals surface area contributed by atoms with Crippen molar-refractivity contribution in [3.63, 3.8) is 0 Å². The third-order valence-electron chi connectivity index (χ3n) is 0.775. The molecule has 0 rings (SSSR count). The lowest BCUT2D eigenvalue weighted by atomic mass is 10.4. The maximum Gasteiger partial charge on any atom is 0.359 e. The summed E-state index contributed by atoms with van der Waals surface area (Å²) in [5.41, 5.74) is 5.48. The van der Waals surface area contributed by atoms with Crippen LogP contribution in [0.25, 0.3) is 0 Å². The van der Waals surface area contributed by atoms with Crippen LogP contribution >= 0.6 is 34.0 Å². The molecule has 0 saturated heterocycles. The molecule has 0 aromatic heterocycles. The quantitative estimate of drug-likeness (QED) is 0.456. The van der Waals surface area contributed by atoms with E-state index >= 15 is 0 Å². The second-order valence-corrected chi connectivity index (χ2v) is 5.01. The van der Waals surface area contributed by atoms with Crippen LogP contribution in [0.15, 0.2) is 0 Å². The summed E-state index contributed by atoms with van der Waals surface area (Å²) in [5, 5.41) is 0. The SMILES string of the molecule is B.CCCCSB(N)I. The van der Waals surface area contributed by atoms with Gasteiger partial charge in [-0.15, -0.1) is 22.4 Å². The van der Waals surface area contributed by atoms with Crippen LogP contribution in [0.2, 0.25) is 0 Å². The summed E-state index contributed by atoms with van der Waals surface area (Å²) in [6.45, 7) is 2.19. The smallest absolute Gasteiger partial charge is 0.351 e. The van der Waals surface area contributed by atoms with Crippen molar-refractivity contribution in [2.24, 2.45) is 5.64 Å². The van der Waals surface area contributed by atoms with Gasteiger partial charge in [-0.3, -0.25) is 0 Å². The van der Waals surface area contributed by atoms with Gasteiger partial charge in [0.2, 0.25) is 0 Å². The van der Waals surface area contributed by atoms with E-state index < -0.39 is 0 Å². The maximum absolute atomic E-state index is 5.48. The van der Waals surface area contributed by atoms with E-state index in [1.54, 1.807) is 0 Å². The summed E-state index contributed by atoms with van der Waals surface area (Å²) in [6, 6.07) is 0. The molecule has 0 radical (unpaired) electrons. The highest BCUT2D eigenvalue weighted by atomic mass is 127. The Morgan fingerprint density at radius 2 is 2.22 bits per heavy atom. The Balaban J connectivity index is 0. The first-order valence-corrected chi connectivity index (χ1v) is 5.08. The normalized spacial score (nSPS) is 8.33. The minimum absolute atomic E-state index is 0. The molecule has 0 aliphatic rings. The lowest BCUT2D eigenvalue weighted by Gasteiger charge is -1.96. The van der Waals surface area contributed by atoms with Crippen molar-refractivity contribution in [3.8, 4) is 0 Å². The average molecular weight is 257 g/mol. The zero-order chi connectivity index (χ0) is 6.41. The van der Waals surface area contributed by atoms with Crippen LogP contribution in [0.3, 0.4) is 0 Å². The number of rotatable bonds is 4. The fraction of sp³-hybridized carbons (Fsp3) is 1.00. The van der Waals surface area contributed by atoms with Gasteiger partial charge in [0, 0.05) is 0 Å². The first-order valence-electron chi connectivity index (χ1n) is 2.78. The van der Waals surface area contributed by atoms with E-state index in [1.165, 1.54) is 18.6 Å². The molecule has 0 spiro atoms. The Morgan fingerprint density at radius 1 is 1.67 bits per heavy atom. The summed E-state index contributed by atoms with van der Waals surface area (Å²) >= 11 is 4.04. The molecular formula is C4H14B2INS. The maximum atomic E-state index is 5.48. The van der Waals surface area contributed by atoms with Gasteiger partial charge in [-0.1, -0.05) is 13.3 Å². The molecule has 0 atom stereocenters. The van der Waals surface area contributed by atoms with E-state index in [4.69, 9.17) is 5.64 Å². The summed E-state index contributed by atoms with van der Waals surface area (Å²) in [4.78, 5) is 0. The van der Waals surface area contributed by atoms with Gasteiger partial charge in [-0.25, -0.2) is 0 Å². The van der Waals surface area contributed by atoms with Crippen molar-refractivity contribution in [1.82, 2.24) is 0 Å². The molecule has 0 fully saturated rings. The van der Waals surface area contributed by atoms with E-state index in [0.29, 0.717) is 3.98 Å². The molecular weight excluding hydrogens is 243 g/mol. The largest absolute Gasteiger partial charge is 0.359 e. The van der Waals surface area contributed by atoms with E-state index in [1.807, 2.05) is 11.6 Å². The van der Waals surface area contributed by atoms with Crippen molar-refractivity contribution in [3.05, 3.63) is 0 Å². The monoisotopic (exact) mass is 257 g/mol. The van der Waals surface area contributed by atoms with E-state index in [2.05, 4.69) is 29.3 Å². The summed E-state index contributed by atoms with van der Waals surface area (Å²) in [7, 11) is 0. The van der Waals surface area contributed by atoms with Gasteiger partial charge in [0.1, 0.15) is 0 Å². The van der Waals surface area contributed by atoms with Crippen LogP contribution in [0, 0.1) is 0 Å². The molecule has 0 amide bonds. The molecule has 9 heavy (non-hydrogen) atoms. The Labute approximate surface area is 77.4 Å². The van der Waals surface area contributed by atoms with Gasteiger partial charge in [0.05, 0.1) is 8.41 Å². The molecule has 0 saturated carbocycles. The van der Waals surface area contributed by atoms with Crippen LogP contribution in [0.1, 0.15) is 19.8 Å². The fourth-order valence-electron chi connectivity index (χ4n) is 0.340. The zero-order valence-corrected chi connectivity index (χ0v) is 8.04. The van der Waals surface area contributed by atoms with Gasteiger partial charge in [0.15, 0.2) is 0 Å². The van der Waals surface area contributed by atoms with Gasteiger partial charge in [-0.2, -0.15) is 11.6 Å². The number of hydrogen-bond acceptors (Lipinski definition) is 2. The molecule has 0 aliphatic carbocycles. The van der Waals surface area contributed by atoms with Crippen LogP contribution in [-0.4, -0.2) is 18.1 Å². The minimum Gasteiger partial charge on any atom is -0.351 e. The average Bonchev–Trinajstić information content (AvgIpc) is 1.66. The second kappa shape index (κ2) is 9.17. The van der Waals surface area contributed by atoms with E-state index in [0.717, 1.165) is 0 Å². The van der Waals surface area contributed by atoms with Crippen LogP contribution in [-0.2, 0) is 0 Å². The van der Waals surface area contributed by atoms with Crippen LogP contribution in [0.5, 0.6) is 0 Å². The first-order chi connectivity index (χ1) is 3.77. The van der Waals surface area contributed by atoms with E-state index in [9.17, 15) is 0 Å². The highest BCUT2D eigenvalue weighted by molar-refractivity contribution is 14.1. The van der Waals surface area contributed by atoms with Crippen LogP contribution in [0.4, 0.5) is 0 Å². The minimum atomic E-state index is 0. The Bertz CT molecular complexity index is 55.8. The predicted octanol–water partition coefficient (Wildman–Crippen LogP) is 0.714. The van der Waals surface area contributed by atoms with Crippen molar-refractivity contribution in [1.29, 1.82) is 0 Å². The summed E-state index contributed by atoms with van der Waals surface area (Å²) in [5.74, 6) is 1.21. The van der Waals surface area contributed by atoms with Crippen LogP contribution < -0.4 is 5.64 Å². The molecule has 0 bridgehead atoms. The lowest BCUT2D eigenvalue weighted by Crippen LogP contribution is -2.12. The zero-order valence-electron chi connectivity index (χ0n) is 5.06. The van der Waals surface area contributed by atoms with Gasteiger partial charge < -0.3 is 5.64 Å². The number of hydrogen-bond donors (Lipinski definition) is 1. The molecule has 1 nitrogen and oxygen atoms in total. The Kier molecular flexibility index (Phi) is 13.1. The first kappa shape index (κ1) is 12.8. The fourth-order valence-corrected chi connectivity index (χ4v) is 1.78. The summed E-state index contributed by atoms with van der Waals surface area (Å²) < 4.78 is 0.291. The molecule has 0 heterocycles. The van der Waals surface area contributed by atoms with Gasteiger partial charge in [0.25, 0.3) is 0 Å². The van der Waals surface area contributed by atoms with E-state index in [-0.39, 0.29) is 8.41 Å². The summed E-state index contributed by atoms with van der Waals surface area (Å²) in [6.07, 6.45) is 2.57. The van der Waals surface area contributed by atoms with Crippen molar-refractivity contribution >= 4 is 46.4 Å². The number of halogens is 1. The third-order valence-corrected chi connectivity index (χ3v) is 2.70. The highest BCUT2D eigenvalue weighted by Gasteiger charge is 1.99. The molecule has 54 valence electrons. The molecule has 0 aromatic rings. The third kappa shape index (κ3) is 12.4. The van der Waals surface area contributed by atoms with Crippen molar-refractivity contribution in [2.45, 2.75) is 19.8 Å². The standard InChI is InChI=1S/C4H11BINS.BH3/c1-2-3-4-8-5(6)7;/h2-4,7H2,1H3;1H3. The molecule has 2 N–H and O–H groups in total. The molecule has 0 aromatic carbocycles. The molecule has 0 aliphatic heterocycles. The van der Waals surface area contributed by atoms with Gasteiger partial charge >= 0.3 is 3.98 Å². The lowest BCUT2D eigenvalue weighted by molar-refractivity contribution is 0.898. The second-order valence-electron chi connectivity index (χ2n) is 1.58. The Hall–Kier alpha value is 1.17. The van der Waals surface area contributed by atoms with Crippen molar-refractivity contribution in [2.75, 3.05) is 5.75 Å². The molecule has 5 heteroatoms. The Morgan fingerprint density at radius 3 is 2.56 bits per heavy atom. The number of unbranched alkanes of at least 4 members (excludes halogenated alkanes) is 1. The van der Waals surface area contributed by atoms with Gasteiger partial charge in [-0.05, 0) is 12.2 Å². The number of nitrogens with two attached hydrogens (primary N) is 1. The predicted molar refractivity (Wildman–Crippen MR) is 61.3 cm³/mol.